The first-order valence-electron chi connectivity index (χ1n) is 10.2. The van der Waals surface area contributed by atoms with Crippen LogP contribution >= 0.6 is 22.9 Å². The molecule has 0 aliphatic carbocycles. The molecule has 0 saturated carbocycles. The van der Waals surface area contributed by atoms with E-state index >= 15 is 0 Å². The number of benzene rings is 1. The highest BCUT2D eigenvalue weighted by Gasteiger charge is 2.26. The summed E-state index contributed by atoms with van der Waals surface area (Å²) in [6.45, 7) is 2.87. The number of hydrogen-bond donors (Lipinski definition) is 0. The second kappa shape index (κ2) is 8.32. The third-order valence-corrected chi connectivity index (χ3v) is 6.79. The molecule has 31 heavy (non-hydrogen) atoms. The second-order valence-corrected chi connectivity index (χ2v) is 9.32. The van der Waals surface area contributed by atoms with Crippen LogP contribution in [0.3, 0.4) is 0 Å². The van der Waals surface area contributed by atoms with Crippen LogP contribution in [0.25, 0.3) is 17.8 Å². The molecule has 0 spiro atoms. The van der Waals surface area contributed by atoms with Crippen molar-refractivity contribution in [2.75, 3.05) is 7.11 Å². The van der Waals surface area contributed by atoms with E-state index in [9.17, 15) is 0 Å². The Labute approximate surface area is 189 Å². The third kappa shape index (κ3) is 4.03. The summed E-state index contributed by atoms with van der Waals surface area (Å²) >= 11 is 7.78. The summed E-state index contributed by atoms with van der Waals surface area (Å²) in [6, 6.07) is 10.2. The molecule has 0 saturated heterocycles. The van der Waals surface area contributed by atoms with Crippen LogP contribution in [0.4, 0.5) is 0 Å². The number of fused-ring (bicyclic) bond motifs is 1. The summed E-state index contributed by atoms with van der Waals surface area (Å²) < 4.78 is 10.4. The molecule has 0 fully saturated rings. The van der Waals surface area contributed by atoms with E-state index in [0.717, 1.165) is 58.1 Å². The molecular weight excluding hydrogens is 430 g/mol. The Kier molecular flexibility index (Phi) is 5.38. The first kappa shape index (κ1) is 20.0. The third-order valence-electron chi connectivity index (χ3n) is 5.45. The number of thiophene rings is 1. The van der Waals surface area contributed by atoms with Crippen LogP contribution in [0, 0.1) is 6.92 Å². The van der Waals surface area contributed by atoms with E-state index in [1.807, 2.05) is 52.7 Å². The van der Waals surface area contributed by atoms with E-state index in [4.69, 9.17) is 26.4 Å². The van der Waals surface area contributed by atoms with Gasteiger partial charge in [-0.2, -0.15) is 5.10 Å². The number of imidazole rings is 1. The van der Waals surface area contributed by atoms with Crippen molar-refractivity contribution >= 4 is 35.1 Å². The molecule has 8 heteroatoms. The quantitative estimate of drug-likeness (QED) is 0.396. The van der Waals surface area contributed by atoms with Crippen LogP contribution in [0.1, 0.15) is 46.5 Å². The lowest BCUT2D eigenvalue weighted by Crippen LogP contribution is -2.17. The maximum atomic E-state index is 6.15. The molecule has 6 nitrogen and oxygen atoms in total. The van der Waals surface area contributed by atoms with Crippen LogP contribution < -0.4 is 4.74 Å². The van der Waals surface area contributed by atoms with Crippen LogP contribution in [0.2, 0.25) is 4.34 Å². The Morgan fingerprint density at radius 1 is 1.23 bits per heavy atom. The zero-order valence-electron chi connectivity index (χ0n) is 17.3. The highest BCUT2D eigenvalue weighted by atomic mass is 35.5. The number of nitrogens with zero attached hydrogens (tertiary/aromatic N) is 5. The van der Waals surface area contributed by atoms with Gasteiger partial charge in [-0.25, -0.2) is 14.6 Å². The smallest absolute Gasteiger partial charge is 0.174 e. The maximum absolute atomic E-state index is 6.15. The highest BCUT2D eigenvalue weighted by Crippen LogP contribution is 2.37. The Morgan fingerprint density at radius 2 is 2.13 bits per heavy atom. The van der Waals surface area contributed by atoms with Crippen molar-refractivity contribution in [2.24, 2.45) is 0 Å². The number of halogens is 1. The lowest BCUT2D eigenvalue weighted by atomic mass is 9.97. The number of methoxy groups -OCH3 is 1. The fourth-order valence-electron chi connectivity index (χ4n) is 3.96. The molecule has 0 radical (unpaired) electrons. The van der Waals surface area contributed by atoms with Crippen LogP contribution in [0.5, 0.6) is 5.75 Å². The van der Waals surface area contributed by atoms with Crippen molar-refractivity contribution in [1.29, 1.82) is 0 Å². The average Bonchev–Trinajstić information content (AvgIpc) is 3.51. The van der Waals surface area contributed by atoms with Gasteiger partial charge in [0.1, 0.15) is 11.6 Å². The van der Waals surface area contributed by atoms with Crippen molar-refractivity contribution < 1.29 is 4.74 Å². The van der Waals surface area contributed by atoms with Gasteiger partial charge in [-0.15, -0.1) is 11.3 Å². The molecule has 0 N–H and O–H groups in total. The molecule has 0 bridgehead atoms. The highest BCUT2D eigenvalue weighted by molar-refractivity contribution is 7.16. The van der Waals surface area contributed by atoms with E-state index in [-0.39, 0.29) is 5.92 Å². The maximum Gasteiger partial charge on any atom is 0.174 e. The van der Waals surface area contributed by atoms with Crippen LogP contribution in [-0.4, -0.2) is 31.4 Å². The summed E-state index contributed by atoms with van der Waals surface area (Å²) in [4.78, 5) is 10.4. The van der Waals surface area contributed by atoms with E-state index < -0.39 is 0 Å². The van der Waals surface area contributed by atoms with Gasteiger partial charge in [-0.1, -0.05) is 23.7 Å². The molecule has 158 valence electrons. The topological polar surface area (TPSA) is 57.8 Å². The zero-order chi connectivity index (χ0) is 21.4. The SMILES string of the molecule is COc1cc(/C=C/c2nc3n(n2)CCC[C@H]3c2ccc(Cl)s2)ccc1-n1cnc(C)c1. The Balaban J connectivity index is 1.40. The monoisotopic (exact) mass is 451 g/mol. The number of rotatable bonds is 5. The molecule has 4 heterocycles. The summed E-state index contributed by atoms with van der Waals surface area (Å²) in [5.74, 6) is 2.79. The van der Waals surface area contributed by atoms with Gasteiger partial charge in [0.2, 0.25) is 0 Å². The molecule has 1 aromatic carbocycles. The summed E-state index contributed by atoms with van der Waals surface area (Å²) in [6.07, 6.45) is 9.91. The Morgan fingerprint density at radius 3 is 2.87 bits per heavy atom. The van der Waals surface area contributed by atoms with E-state index in [1.165, 1.54) is 4.88 Å². The molecule has 0 unspecified atom stereocenters. The summed E-state index contributed by atoms with van der Waals surface area (Å²) in [7, 11) is 1.68. The van der Waals surface area contributed by atoms with Crippen LogP contribution in [0.15, 0.2) is 42.9 Å². The van der Waals surface area contributed by atoms with E-state index in [1.54, 1.807) is 24.8 Å². The average molecular weight is 452 g/mol. The van der Waals surface area contributed by atoms with Crippen LogP contribution in [-0.2, 0) is 6.54 Å². The van der Waals surface area contributed by atoms with Gasteiger partial charge >= 0.3 is 0 Å². The first-order valence-corrected chi connectivity index (χ1v) is 11.4. The van der Waals surface area contributed by atoms with Gasteiger partial charge in [-0.05, 0) is 55.7 Å². The molecule has 1 aliphatic rings. The normalized spacial score (nSPS) is 16.0. The fourth-order valence-corrected chi connectivity index (χ4v) is 5.15. The molecule has 0 amide bonds. The predicted molar refractivity (Wildman–Crippen MR) is 124 cm³/mol. The molecule has 5 rings (SSSR count). The van der Waals surface area contributed by atoms with Gasteiger partial charge in [-0.3, -0.25) is 0 Å². The predicted octanol–water partition coefficient (Wildman–Crippen LogP) is 5.59. The molecule has 3 aromatic heterocycles. The number of hydrogen-bond acceptors (Lipinski definition) is 5. The van der Waals surface area contributed by atoms with Crippen molar-refractivity contribution in [3.05, 3.63) is 75.0 Å². The number of aromatic nitrogens is 5. The zero-order valence-corrected chi connectivity index (χ0v) is 18.9. The number of ether oxygens (including phenoxy) is 1. The molecule has 4 aromatic rings. The van der Waals surface area contributed by atoms with Gasteiger partial charge in [0.25, 0.3) is 0 Å². The van der Waals surface area contributed by atoms with Crippen molar-refractivity contribution in [3.63, 3.8) is 0 Å². The van der Waals surface area contributed by atoms with E-state index in [0.29, 0.717) is 0 Å². The van der Waals surface area contributed by atoms with Gasteiger partial charge in [0.05, 0.1) is 35.1 Å². The Bertz CT molecular complexity index is 1250. The lowest BCUT2D eigenvalue weighted by molar-refractivity contribution is 0.413. The van der Waals surface area contributed by atoms with Crippen molar-refractivity contribution in [2.45, 2.75) is 32.2 Å². The minimum Gasteiger partial charge on any atom is -0.495 e. The molecule has 1 atom stereocenters. The van der Waals surface area contributed by atoms with Gasteiger partial charge in [0, 0.05) is 17.6 Å². The number of aryl methyl sites for hydroxylation is 2. The van der Waals surface area contributed by atoms with Crippen molar-refractivity contribution in [3.8, 4) is 11.4 Å². The largest absolute Gasteiger partial charge is 0.495 e. The first-order chi connectivity index (χ1) is 15.1. The summed E-state index contributed by atoms with van der Waals surface area (Å²) in [5, 5.41) is 4.71. The minimum absolute atomic E-state index is 0.263. The fraction of sp³-hybridized carbons (Fsp3) is 0.261. The molecule has 1 aliphatic heterocycles. The Hall–Kier alpha value is -2.90. The van der Waals surface area contributed by atoms with Crippen molar-refractivity contribution in [1.82, 2.24) is 24.3 Å². The summed E-state index contributed by atoms with van der Waals surface area (Å²) in [5.41, 5.74) is 2.93. The standard InChI is InChI=1S/C23H22ClN5OS/c1-15-13-28(14-25-15)18-7-5-16(12-19(18)30-2)6-10-22-26-23-17(4-3-11-29(23)27-22)20-8-9-21(24)31-20/h5-10,12-14,17H,3-4,11H2,1-2H3/b10-6+/t17-/m0/s1. The molecular formula is C23H22ClN5OS. The van der Waals surface area contributed by atoms with Gasteiger partial charge in [0.15, 0.2) is 5.82 Å². The second-order valence-electron chi connectivity index (χ2n) is 7.57. The minimum atomic E-state index is 0.263. The van der Waals surface area contributed by atoms with Gasteiger partial charge < -0.3 is 9.30 Å². The van der Waals surface area contributed by atoms with E-state index in [2.05, 4.69) is 17.1 Å². The lowest BCUT2D eigenvalue weighted by Gasteiger charge is -2.20.